The molecule has 6 heteroatoms. The number of nitrogens with zero attached hydrogens (tertiary/aromatic N) is 2. The molecule has 0 aromatic carbocycles. The number of hydrogen-bond acceptors (Lipinski definition) is 5. The minimum Gasteiger partial charge on any atom is -0.367 e. The van der Waals surface area contributed by atoms with Crippen LogP contribution in [0.4, 0.5) is 16.2 Å². The van der Waals surface area contributed by atoms with E-state index in [1.807, 2.05) is 6.92 Å². The Bertz CT molecular complexity index is 278. The summed E-state index contributed by atoms with van der Waals surface area (Å²) < 4.78 is 13.0. The summed E-state index contributed by atoms with van der Waals surface area (Å²) in [5, 5.41) is 2.82. The number of aromatic nitrogens is 2. The van der Waals surface area contributed by atoms with Crippen molar-refractivity contribution < 1.29 is 4.39 Å². The van der Waals surface area contributed by atoms with Crippen molar-refractivity contribution in [3.63, 3.8) is 0 Å². The Balaban J connectivity index is 2.78. The molecular formula is C7H12FN5. The number of hydrogen-bond donors (Lipinski definition) is 3. The third kappa shape index (κ3) is 2.51. The molecule has 0 aliphatic carbocycles. The summed E-state index contributed by atoms with van der Waals surface area (Å²) in [6.45, 7) is 2.64. The smallest absolute Gasteiger partial charge is 0.239 e. The molecule has 0 atom stereocenters. The van der Waals surface area contributed by atoms with Gasteiger partial charge in [0.15, 0.2) is 11.6 Å². The molecule has 0 spiro atoms. The van der Waals surface area contributed by atoms with Gasteiger partial charge in [0.25, 0.3) is 0 Å². The maximum Gasteiger partial charge on any atom is 0.239 e. The molecule has 0 unspecified atom stereocenters. The minimum absolute atomic E-state index is 0.171. The Morgan fingerprint density at radius 1 is 1.62 bits per heavy atom. The first kappa shape index (κ1) is 9.66. The van der Waals surface area contributed by atoms with Crippen molar-refractivity contribution in [2.45, 2.75) is 13.3 Å². The van der Waals surface area contributed by atoms with Gasteiger partial charge in [-0.25, -0.2) is 15.2 Å². The van der Waals surface area contributed by atoms with Crippen molar-refractivity contribution in [3.05, 3.63) is 12.0 Å². The predicted molar refractivity (Wildman–Crippen MR) is 48.6 cm³/mol. The van der Waals surface area contributed by atoms with Gasteiger partial charge in [-0.05, 0) is 6.42 Å². The van der Waals surface area contributed by atoms with Crippen molar-refractivity contribution in [2.24, 2.45) is 5.84 Å². The number of hydrazine groups is 1. The average Bonchev–Trinajstić information content (AvgIpc) is 2.17. The topological polar surface area (TPSA) is 75.9 Å². The van der Waals surface area contributed by atoms with Crippen LogP contribution in [-0.4, -0.2) is 16.5 Å². The second-order valence-corrected chi connectivity index (χ2v) is 2.46. The lowest BCUT2D eigenvalue weighted by molar-refractivity contribution is 0.617. The highest BCUT2D eigenvalue weighted by molar-refractivity contribution is 5.40. The maximum atomic E-state index is 13.0. The number of nitrogen functional groups attached to an aromatic ring is 1. The molecule has 1 aromatic rings. The average molecular weight is 185 g/mol. The van der Waals surface area contributed by atoms with Gasteiger partial charge in [0.05, 0.1) is 6.20 Å². The van der Waals surface area contributed by atoms with Crippen molar-refractivity contribution in [1.29, 1.82) is 0 Å². The number of nitrogens with one attached hydrogen (secondary N) is 2. The van der Waals surface area contributed by atoms with Crippen LogP contribution in [-0.2, 0) is 0 Å². The van der Waals surface area contributed by atoms with Gasteiger partial charge >= 0.3 is 0 Å². The van der Waals surface area contributed by atoms with Gasteiger partial charge in [-0.2, -0.15) is 4.98 Å². The molecule has 0 amide bonds. The molecule has 5 nitrogen and oxygen atoms in total. The Morgan fingerprint density at radius 3 is 3.00 bits per heavy atom. The third-order valence-corrected chi connectivity index (χ3v) is 1.42. The van der Waals surface area contributed by atoms with Gasteiger partial charge in [-0.3, -0.25) is 5.43 Å². The van der Waals surface area contributed by atoms with E-state index < -0.39 is 5.82 Å². The first-order valence-electron chi connectivity index (χ1n) is 4.01. The standard InChI is InChI=1S/C7H12FN5/c1-2-3-10-6-5(8)4-11-7(12-6)13-9/h4H,2-3,9H2,1H3,(H2,10,11,12,13). The SMILES string of the molecule is CCCNc1nc(NN)ncc1F. The van der Waals surface area contributed by atoms with Crippen LogP contribution >= 0.6 is 0 Å². The molecule has 1 rings (SSSR count). The Kier molecular flexibility index (Phi) is 3.39. The van der Waals surface area contributed by atoms with E-state index in [0.717, 1.165) is 12.6 Å². The molecule has 72 valence electrons. The van der Waals surface area contributed by atoms with Crippen LogP contribution in [0.5, 0.6) is 0 Å². The first-order valence-corrected chi connectivity index (χ1v) is 4.01. The maximum absolute atomic E-state index is 13.0. The summed E-state index contributed by atoms with van der Waals surface area (Å²) >= 11 is 0. The second-order valence-electron chi connectivity index (χ2n) is 2.46. The second kappa shape index (κ2) is 4.56. The fraction of sp³-hybridized carbons (Fsp3) is 0.429. The molecule has 0 fully saturated rings. The Morgan fingerprint density at radius 2 is 2.38 bits per heavy atom. The molecule has 0 saturated heterocycles. The quantitative estimate of drug-likeness (QED) is 0.476. The molecule has 0 aliphatic heterocycles. The highest BCUT2D eigenvalue weighted by atomic mass is 19.1. The largest absolute Gasteiger partial charge is 0.367 e. The summed E-state index contributed by atoms with van der Waals surface area (Å²) in [6, 6.07) is 0. The van der Waals surface area contributed by atoms with Gasteiger partial charge < -0.3 is 5.32 Å². The molecule has 0 radical (unpaired) electrons. The van der Waals surface area contributed by atoms with E-state index in [1.54, 1.807) is 0 Å². The van der Waals surface area contributed by atoms with Crippen molar-refractivity contribution in [2.75, 3.05) is 17.3 Å². The van der Waals surface area contributed by atoms with E-state index in [0.29, 0.717) is 6.54 Å². The summed E-state index contributed by atoms with van der Waals surface area (Å²) in [4.78, 5) is 7.40. The monoisotopic (exact) mass is 185 g/mol. The summed E-state index contributed by atoms with van der Waals surface area (Å²) in [5.74, 6) is 4.96. The van der Waals surface area contributed by atoms with Crippen LogP contribution < -0.4 is 16.6 Å². The van der Waals surface area contributed by atoms with E-state index in [2.05, 4.69) is 20.7 Å². The van der Waals surface area contributed by atoms with Crippen LogP contribution in [0.25, 0.3) is 0 Å². The van der Waals surface area contributed by atoms with E-state index in [-0.39, 0.29) is 11.8 Å². The van der Waals surface area contributed by atoms with Crippen LogP contribution in [0.3, 0.4) is 0 Å². The van der Waals surface area contributed by atoms with Gasteiger partial charge in [0, 0.05) is 6.54 Å². The first-order chi connectivity index (χ1) is 6.27. The van der Waals surface area contributed by atoms with Crippen LogP contribution in [0.1, 0.15) is 13.3 Å². The zero-order chi connectivity index (χ0) is 9.68. The van der Waals surface area contributed by atoms with Gasteiger partial charge in [-0.15, -0.1) is 0 Å². The van der Waals surface area contributed by atoms with Crippen LogP contribution in [0.2, 0.25) is 0 Å². The van der Waals surface area contributed by atoms with E-state index >= 15 is 0 Å². The van der Waals surface area contributed by atoms with Gasteiger partial charge in [-0.1, -0.05) is 6.92 Å². The minimum atomic E-state index is -0.479. The Labute approximate surface area is 75.5 Å². The Hall–Kier alpha value is -1.43. The third-order valence-electron chi connectivity index (χ3n) is 1.42. The van der Waals surface area contributed by atoms with Crippen molar-refractivity contribution in [1.82, 2.24) is 9.97 Å². The lowest BCUT2D eigenvalue weighted by Gasteiger charge is -2.05. The van der Waals surface area contributed by atoms with E-state index in [1.165, 1.54) is 0 Å². The van der Waals surface area contributed by atoms with E-state index in [4.69, 9.17) is 5.84 Å². The van der Waals surface area contributed by atoms with Gasteiger partial charge in [0.2, 0.25) is 5.95 Å². The predicted octanol–water partition coefficient (Wildman–Crippen LogP) is 0.723. The van der Waals surface area contributed by atoms with E-state index in [9.17, 15) is 4.39 Å². The van der Waals surface area contributed by atoms with Gasteiger partial charge in [0.1, 0.15) is 0 Å². The summed E-state index contributed by atoms with van der Waals surface area (Å²) in [5.41, 5.74) is 2.24. The summed E-state index contributed by atoms with van der Waals surface area (Å²) in [7, 11) is 0. The zero-order valence-corrected chi connectivity index (χ0v) is 7.34. The van der Waals surface area contributed by atoms with Crippen LogP contribution in [0, 0.1) is 5.82 Å². The number of anilines is 2. The number of nitrogens with two attached hydrogens (primary N) is 1. The highest BCUT2D eigenvalue weighted by Gasteiger charge is 2.04. The molecule has 0 aliphatic rings. The highest BCUT2D eigenvalue weighted by Crippen LogP contribution is 2.10. The van der Waals surface area contributed by atoms with Crippen molar-refractivity contribution in [3.8, 4) is 0 Å². The normalized spacial score (nSPS) is 9.77. The molecule has 4 N–H and O–H groups in total. The number of rotatable bonds is 4. The lowest BCUT2D eigenvalue weighted by atomic mass is 10.4. The molecule has 1 heterocycles. The summed E-state index contributed by atoms with van der Waals surface area (Å²) in [6.07, 6.45) is 1.97. The molecule has 0 saturated carbocycles. The fourth-order valence-electron chi connectivity index (χ4n) is 0.804. The van der Waals surface area contributed by atoms with Crippen LogP contribution in [0.15, 0.2) is 6.20 Å². The lowest BCUT2D eigenvalue weighted by Crippen LogP contribution is -2.13. The van der Waals surface area contributed by atoms with Crippen molar-refractivity contribution >= 4 is 11.8 Å². The fourth-order valence-corrected chi connectivity index (χ4v) is 0.804. The number of halogens is 1. The molecule has 0 bridgehead atoms. The molecule has 1 aromatic heterocycles. The zero-order valence-electron chi connectivity index (χ0n) is 7.34. The molecule has 13 heavy (non-hydrogen) atoms. The molecular weight excluding hydrogens is 173 g/mol.